The van der Waals surface area contributed by atoms with E-state index < -0.39 is 0 Å². The van der Waals surface area contributed by atoms with Crippen LogP contribution in [0.2, 0.25) is 0 Å². The molecule has 0 heterocycles. The molecule has 0 spiro atoms. The van der Waals surface area contributed by atoms with E-state index in [0.29, 0.717) is 5.92 Å². The second kappa shape index (κ2) is 6.48. The summed E-state index contributed by atoms with van der Waals surface area (Å²) in [6.07, 6.45) is 7.94. The molecular weight excluding hydrogens is 261 g/mol. The highest BCUT2D eigenvalue weighted by molar-refractivity contribution is 5.28. The first-order valence-corrected chi connectivity index (χ1v) is 8.66. The van der Waals surface area contributed by atoms with Crippen molar-refractivity contribution in [1.82, 2.24) is 5.32 Å². The lowest BCUT2D eigenvalue weighted by molar-refractivity contribution is 0.225. The molecule has 2 fully saturated rings. The first-order valence-electron chi connectivity index (χ1n) is 8.66. The fraction of sp³-hybridized carbons (Fsp3) is 0.684. The van der Waals surface area contributed by atoms with Crippen LogP contribution in [0.3, 0.4) is 0 Å². The molecule has 1 N–H and O–H groups in total. The summed E-state index contributed by atoms with van der Waals surface area (Å²) >= 11 is 0. The van der Waals surface area contributed by atoms with E-state index in [2.05, 4.69) is 18.3 Å². The summed E-state index contributed by atoms with van der Waals surface area (Å²) in [4.78, 5) is 0. The Labute approximate surface area is 128 Å². The standard InChI is InChI=1S/C19H28FN/c1-3-14-4-5-16(12-21-17-7-8-17)18(11-14)15-6-9-19(20)13(2)10-15/h6,9-10,14,16-18,21H,3-5,7-8,11-12H2,1-2H3. The summed E-state index contributed by atoms with van der Waals surface area (Å²) in [6, 6.07) is 6.55. The van der Waals surface area contributed by atoms with Gasteiger partial charge >= 0.3 is 0 Å². The Morgan fingerprint density at radius 2 is 2.00 bits per heavy atom. The number of hydrogen-bond donors (Lipinski definition) is 1. The maximum atomic E-state index is 13.6. The molecule has 3 atom stereocenters. The zero-order valence-electron chi connectivity index (χ0n) is 13.4. The lowest BCUT2D eigenvalue weighted by atomic mass is 9.70. The number of nitrogens with one attached hydrogen (secondary N) is 1. The van der Waals surface area contributed by atoms with E-state index in [0.717, 1.165) is 30.0 Å². The van der Waals surface area contributed by atoms with Gasteiger partial charge < -0.3 is 5.32 Å². The lowest BCUT2D eigenvalue weighted by Crippen LogP contribution is -2.33. The third-order valence-electron chi connectivity index (χ3n) is 5.54. The van der Waals surface area contributed by atoms with Crippen molar-refractivity contribution < 1.29 is 4.39 Å². The Hall–Kier alpha value is -0.890. The van der Waals surface area contributed by atoms with Crippen LogP contribution in [0.15, 0.2) is 18.2 Å². The van der Waals surface area contributed by atoms with Gasteiger partial charge in [-0.1, -0.05) is 31.9 Å². The van der Waals surface area contributed by atoms with Crippen molar-refractivity contribution in [3.63, 3.8) is 0 Å². The van der Waals surface area contributed by atoms with E-state index in [1.807, 2.05) is 13.0 Å². The van der Waals surface area contributed by atoms with E-state index in [-0.39, 0.29) is 5.82 Å². The molecule has 116 valence electrons. The quantitative estimate of drug-likeness (QED) is 0.821. The molecule has 3 rings (SSSR count). The molecule has 0 radical (unpaired) electrons. The van der Waals surface area contributed by atoms with Crippen molar-refractivity contribution in [2.75, 3.05) is 6.54 Å². The Bertz CT molecular complexity index is 480. The van der Waals surface area contributed by atoms with E-state index in [9.17, 15) is 4.39 Å². The molecule has 1 aromatic carbocycles. The molecule has 0 aromatic heterocycles. The highest BCUT2D eigenvalue weighted by Gasteiger charge is 2.32. The minimum atomic E-state index is -0.0748. The van der Waals surface area contributed by atoms with Gasteiger partial charge in [-0.2, -0.15) is 0 Å². The van der Waals surface area contributed by atoms with Gasteiger partial charge in [0.05, 0.1) is 0 Å². The molecule has 0 amide bonds. The molecule has 0 bridgehead atoms. The third kappa shape index (κ3) is 3.66. The average Bonchev–Trinajstić information content (AvgIpc) is 3.32. The third-order valence-corrected chi connectivity index (χ3v) is 5.54. The van der Waals surface area contributed by atoms with Crippen LogP contribution in [-0.2, 0) is 0 Å². The molecule has 2 heteroatoms. The monoisotopic (exact) mass is 289 g/mol. The van der Waals surface area contributed by atoms with Crippen LogP contribution < -0.4 is 5.32 Å². The fourth-order valence-electron chi connectivity index (χ4n) is 3.85. The molecule has 2 aliphatic rings. The Morgan fingerprint density at radius 3 is 2.67 bits per heavy atom. The molecule has 1 aromatic rings. The molecule has 3 unspecified atom stereocenters. The van der Waals surface area contributed by atoms with Crippen molar-refractivity contribution in [2.24, 2.45) is 11.8 Å². The Morgan fingerprint density at radius 1 is 1.19 bits per heavy atom. The van der Waals surface area contributed by atoms with Crippen LogP contribution in [0.25, 0.3) is 0 Å². The minimum absolute atomic E-state index is 0.0748. The predicted octanol–water partition coefficient (Wildman–Crippen LogP) is 4.80. The number of aryl methyl sites for hydroxylation is 1. The summed E-state index contributed by atoms with van der Waals surface area (Å²) in [7, 11) is 0. The molecule has 1 nitrogen and oxygen atoms in total. The summed E-state index contributed by atoms with van der Waals surface area (Å²) in [5.74, 6) is 2.10. The van der Waals surface area contributed by atoms with Crippen molar-refractivity contribution in [3.8, 4) is 0 Å². The molecule has 2 aliphatic carbocycles. The summed E-state index contributed by atoms with van der Waals surface area (Å²) < 4.78 is 13.6. The van der Waals surface area contributed by atoms with Gasteiger partial charge in [-0.05, 0) is 74.1 Å². The molecule has 21 heavy (non-hydrogen) atoms. The van der Waals surface area contributed by atoms with Crippen molar-refractivity contribution in [2.45, 2.75) is 64.3 Å². The minimum Gasteiger partial charge on any atom is -0.314 e. The predicted molar refractivity (Wildman–Crippen MR) is 86.0 cm³/mol. The highest BCUT2D eigenvalue weighted by Crippen LogP contribution is 2.42. The first-order chi connectivity index (χ1) is 10.2. The number of halogens is 1. The van der Waals surface area contributed by atoms with Gasteiger partial charge in [-0.15, -0.1) is 0 Å². The van der Waals surface area contributed by atoms with Gasteiger partial charge in [0.25, 0.3) is 0 Å². The van der Waals surface area contributed by atoms with Gasteiger partial charge in [0, 0.05) is 6.04 Å². The number of hydrogen-bond acceptors (Lipinski definition) is 1. The van der Waals surface area contributed by atoms with Gasteiger partial charge in [-0.25, -0.2) is 4.39 Å². The zero-order valence-corrected chi connectivity index (χ0v) is 13.4. The molecule has 0 aliphatic heterocycles. The van der Waals surface area contributed by atoms with Crippen molar-refractivity contribution in [3.05, 3.63) is 35.1 Å². The second-order valence-electron chi connectivity index (χ2n) is 7.15. The summed E-state index contributed by atoms with van der Waals surface area (Å²) in [5, 5.41) is 3.71. The van der Waals surface area contributed by atoms with Crippen LogP contribution in [0.4, 0.5) is 4.39 Å². The van der Waals surface area contributed by atoms with Gasteiger partial charge in [-0.3, -0.25) is 0 Å². The maximum absolute atomic E-state index is 13.6. The number of benzene rings is 1. The van der Waals surface area contributed by atoms with Crippen LogP contribution in [0.5, 0.6) is 0 Å². The van der Waals surface area contributed by atoms with Crippen LogP contribution >= 0.6 is 0 Å². The lowest BCUT2D eigenvalue weighted by Gasteiger charge is -2.37. The van der Waals surface area contributed by atoms with Crippen molar-refractivity contribution >= 4 is 0 Å². The van der Waals surface area contributed by atoms with Gasteiger partial charge in [0.2, 0.25) is 0 Å². The smallest absolute Gasteiger partial charge is 0.126 e. The zero-order chi connectivity index (χ0) is 14.8. The van der Waals surface area contributed by atoms with Crippen LogP contribution in [-0.4, -0.2) is 12.6 Å². The molecule has 2 saturated carbocycles. The van der Waals surface area contributed by atoms with Crippen molar-refractivity contribution in [1.29, 1.82) is 0 Å². The second-order valence-corrected chi connectivity index (χ2v) is 7.15. The summed E-state index contributed by atoms with van der Waals surface area (Å²) in [5.41, 5.74) is 2.15. The summed E-state index contributed by atoms with van der Waals surface area (Å²) in [6.45, 7) is 5.33. The average molecular weight is 289 g/mol. The largest absolute Gasteiger partial charge is 0.314 e. The van der Waals surface area contributed by atoms with E-state index in [1.165, 1.54) is 44.1 Å². The Balaban J connectivity index is 1.75. The van der Waals surface area contributed by atoms with E-state index in [1.54, 1.807) is 6.07 Å². The number of rotatable bonds is 5. The Kier molecular flexibility index (Phi) is 4.63. The van der Waals surface area contributed by atoms with E-state index >= 15 is 0 Å². The highest BCUT2D eigenvalue weighted by atomic mass is 19.1. The van der Waals surface area contributed by atoms with Crippen LogP contribution in [0.1, 0.15) is 62.5 Å². The van der Waals surface area contributed by atoms with Gasteiger partial charge in [0.1, 0.15) is 5.82 Å². The SMILES string of the molecule is CCC1CCC(CNC2CC2)C(c2ccc(F)c(C)c2)C1. The molecular formula is C19H28FN. The fourth-order valence-corrected chi connectivity index (χ4v) is 3.85. The van der Waals surface area contributed by atoms with Crippen LogP contribution in [0, 0.1) is 24.6 Å². The topological polar surface area (TPSA) is 12.0 Å². The first kappa shape index (κ1) is 15.0. The normalized spacial score (nSPS) is 29.6. The maximum Gasteiger partial charge on any atom is 0.126 e. The van der Waals surface area contributed by atoms with E-state index in [4.69, 9.17) is 0 Å². The van der Waals surface area contributed by atoms with Gasteiger partial charge in [0.15, 0.2) is 0 Å². The molecule has 0 saturated heterocycles.